The van der Waals surface area contributed by atoms with Crippen molar-refractivity contribution in [2.24, 2.45) is 5.92 Å². The van der Waals surface area contributed by atoms with Gasteiger partial charge < -0.3 is 28.4 Å². The van der Waals surface area contributed by atoms with Gasteiger partial charge in [0.1, 0.15) is 5.78 Å². The summed E-state index contributed by atoms with van der Waals surface area (Å²) in [6, 6.07) is 0. The van der Waals surface area contributed by atoms with Crippen molar-refractivity contribution >= 4 is 11.8 Å². The average molecular weight is 613 g/mol. The predicted octanol–water partition coefficient (Wildman–Crippen LogP) is 5.47. The minimum absolute atomic E-state index is 0.0885. The van der Waals surface area contributed by atoms with E-state index in [0.29, 0.717) is 51.8 Å². The summed E-state index contributed by atoms with van der Waals surface area (Å²) in [6.45, 7) is 2.63. The fraction of sp³-hybridized carbons (Fsp3) is 0.724. The Kier molecular flexibility index (Phi) is 18.4. The molecule has 1 aliphatic carbocycles. The highest BCUT2D eigenvalue weighted by Gasteiger charge is 2.28. The number of hydrogen-bond donors (Lipinski definition) is 0. The van der Waals surface area contributed by atoms with Gasteiger partial charge >= 0.3 is 5.97 Å². The number of esters is 1. The van der Waals surface area contributed by atoms with Crippen molar-refractivity contribution in [1.82, 2.24) is 0 Å². The Hall–Kier alpha value is -2.19. The normalized spacial score (nSPS) is 14.8. The number of benzene rings is 1. The molecule has 2 rings (SSSR count). The van der Waals surface area contributed by atoms with E-state index >= 15 is 0 Å². The van der Waals surface area contributed by atoms with Crippen LogP contribution in [0.4, 0.5) is 22.0 Å². The van der Waals surface area contributed by atoms with Crippen LogP contribution in [0, 0.1) is 35.0 Å². The standard InChI is InChI=1S/C29H41F5O8/c30-24-25(31)27(33)29(28(34)26(24)32)42-23(36)10-12-38-14-16-40-18-20-41-19-17-39-15-13-37-11-9-22(35)21-7-5-3-1-2-4-6-8-21/h21H,1-20H2. The molecule has 0 saturated heterocycles. The van der Waals surface area contributed by atoms with Crippen LogP contribution >= 0.6 is 0 Å². The van der Waals surface area contributed by atoms with E-state index in [-0.39, 0.29) is 32.3 Å². The van der Waals surface area contributed by atoms with Crippen LogP contribution in [0.2, 0.25) is 0 Å². The molecule has 0 radical (unpaired) electrons. The first kappa shape index (κ1) is 36.0. The molecule has 42 heavy (non-hydrogen) atoms. The maximum absolute atomic E-state index is 13.5. The van der Waals surface area contributed by atoms with Gasteiger partial charge in [-0.1, -0.05) is 38.5 Å². The Morgan fingerprint density at radius 3 is 1.31 bits per heavy atom. The van der Waals surface area contributed by atoms with Gasteiger partial charge in [0.15, 0.2) is 0 Å². The third-order valence-electron chi connectivity index (χ3n) is 6.63. The molecule has 1 aromatic carbocycles. The minimum Gasteiger partial charge on any atom is -0.420 e. The Balaban J connectivity index is 1.36. The van der Waals surface area contributed by atoms with Crippen molar-refractivity contribution < 1.29 is 60.0 Å². The molecule has 0 atom stereocenters. The van der Waals surface area contributed by atoms with Gasteiger partial charge in [-0.05, 0) is 12.8 Å². The summed E-state index contributed by atoms with van der Waals surface area (Å²) < 4.78 is 97.3. The Bertz CT molecular complexity index is 910. The summed E-state index contributed by atoms with van der Waals surface area (Å²) in [5.41, 5.74) is 0. The topological polar surface area (TPSA) is 89.5 Å². The Morgan fingerprint density at radius 1 is 0.500 bits per heavy atom. The van der Waals surface area contributed by atoms with Gasteiger partial charge in [0.05, 0.1) is 72.5 Å². The zero-order chi connectivity index (χ0) is 30.6. The molecule has 0 amide bonds. The maximum atomic E-state index is 13.5. The summed E-state index contributed by atoms with van der Waals surface area (Å²) in [6.07, 6.45) is 9.27. The molecule has 0 aliphatic heterocycles. The number of Topliss-reactive ketones (excluding diaryl/α,β-unsaturated/α-hetero) is 1. The van der Waals surface area contributed by atoms with Crippen molar-refractivity contribution in [3.8, 4) is 5.75 Å². The molecule has 0 N–H and O–H groups in total. The van der Waals surface area contributed by atoms with E-state index in [9.17, 15) is 31.5 Å². The molecule has 1 aliphatic rings. The fourth-order valence-electron chi connectivity index (χ4n) is 4.31. The minimum atomic E-state index is -2.34. The third kappa shape index (κ3) is 13.9. The van der Waals surface area contributed by atoms with E-state index in [1.807, 2.05) is 0 Å². The zero-order valence-corrected chi connectivity index (χ0v) is 23.9. The molecule has 1 saturated carbocycles. The first-order chi connectivity index (χ1) is 20.3. The van der Waals surface area contributed by atoms with Gasteiger partial charge in [-0.15, -0.1) is 0 Å². The van der Waals surface area contributed by atoms with Crippen molar-refractivity contribution in [3.63, 3.8) is 0 Å². The molecule has 0 heterocycles. The molecule has 0 spiro atoms. The van der Waals surface area contributed by atoms with E-state index < -0.39 is 47.2 Å². The lowest BCUT2D eigenvalue weighted by Crippen LogP contribution is -2.18. The molecular formula is C29H41F5O8. The van der Waals surface area contributed by atoms with Crippen LogP contribution in [0.3, 0.4) is 0 Å². The van der Waals surface area contributed by atoms with E-state index in [1.165, 1.54) is 25.7 Å². The zero-order valence-electron chi connectivity index (χ0n) is 23.9. The van der Waals surface area contributed by atoms with Gasteiger partial charge in [0.25, 0.3) is 0 Å². The average Bonchev–Trinajstić information content (AvgIpc) is 3.13. The van der Waals surface area contributed by atoms with Crippen molar-refractivity contribution in [3.05, 3.63) is 29.1 Å². The van der Waals surface area contributed by atoms with E-state index in [2.05, 4.69) is 4.74 Å². The fourth-order valence-corrected chi connectivity index (χ4v) is 4.31. The quantitative estimate of drug-likeness (QED) is 0.0479. The summed E-state index contributed by atoms with van der Waals surface area (Å²) in [7, 11) is 0. The van der Waals surface area contributed by atoms with Gasteiger partial charge in [-0.25, -0.2) is 13.2 Å². The molecule has 0 aromatic heterocycles. The molecule has 240 valence electrons. The van der Waals surface area contributed by atoms with Gasteiger partial charge in [-0.3, -0.25) is 9.59 Å². The number of halogens is 5. The van der Waals surface area contributed by atoms with Crippen LogP contribution in [0.25, 0.3) is 0 Å². The number of carbonyl (C=O) groups excluding carboxylic acids is 2. The summed E-state index contributed by atoms with van der Waals surface area (Å²) in [4.78, 5) is 24.1. The van der Waals surface area contributed by atoms with Crippen LogP contribution in [0.5, 0.6) is 5.75 Å². The van der Waals surface area contributed by atoms with E-state index in [1.54, 1.807) is 0 Å². The number of carbonyl (C=O) groups is 2. The van der Waals surface area contributed by atoms with Gasteiger partial charge in [-0.2, -0.15) is 8.78 Å². The monoisotopic (exact) mass is 612 g/mol. The Labute approximate surface area is 243 Å². The molecular weight excluding hydrogens is 571 g/mol. The molecule has 13 heteroatoms. The smallest absolute Gasteiger partial charge is 0.313 e. The number of hydrogen-bond acceptors (Lipinski definition) is 8. The molecule has 8 nitrogen and oxygen atoms in total. The highest BCUT2D eigenvalue weighted by atomic mass is 19.2. The Morgan fingerprint density at radius 2 is 0.857 bits per heavy atom. The number of ether oxygens (including phenoxy) is 6. The maximum Gasteiger partial charge on any atom is 0.313 e. The van der Waals surface area contributed by atoms with Crippen molar-refractivity contribution in [1.29, 1.82) is 0 Å². The largest absolute Gasteiger partial charge is 0.420 e. The van der Waals surface area contributed by atoms with Crippen molar-refractivity contribution in [2.75, 3.05) is 66.1 Å². The highest BCUT2D eigenvalue weighted by molar-refractivity contribution is 5.81. The van der Waals surface area contributed by atoms with Crippen LogP contribution < -0.4 is 4.74 Å². The summed E-state index contributed by atoms with van der Waals surface area (Å²) >= 11 is 0. The summed E-state index contributed by atoms with van der Waals surface area (Å²) in [5.74, 6) is -13.6. The lowest BCUT2D eigenvalue weighted by molar-refractivity contribution is -0.136. The van der Waals surface area contributed by atoms with E-state index in [0.717, 1.165) is 25.7 Å². The summed E-state index contributed by atoms with van der Waals surface area (Å²) in [5, 5.41) is 0. The SMILES string of the molecule is O=C(CCOCCOCCOCCOCCOCCC(=O)C1CCCCCCCC1)Oc1c(F)c(F)c(F)c(F)c1F. The second-order valence-electron chi connectivity index (χ2n) is 9.80. The first-order valence-corrected chi connectivity index (χ1v) is 14.5. The number of ketones is 1. The third-order valence-corrected chi connectivity index (χ3v) is 6.63. The second kappa shape index (κ2) is 21.5. The lowest BCUT2D eigenvalue weighted by Gasteiger charge is -2.14. The van der Waals surface area contributed by atoms with E-state index in [4.69, 9.17) is 23.7 Å². The van der Waals surface area contributed by atoms with Crippen molar-refractivity contribution in [2.45, 2.75) is 64.2 Å². The second-order valence-corrected chi connectivity index (χ2v) is 9.80. The van der Waals surface area contributed by atoms with Gasteiger partial charge in [0.2, 0.25) is 34.8 Å². The molecule has 0 unspecified atom stereocenters. The lowest BCUT2D eigenvalue weighted by atomic mass is 9.91. The van der Waals surface area contributed by atoms with Crippen LogP contribution in [-0.2, 0) is 33.3 Å². The number of rotatable bonds is 20. The molecule has 1 fully saturated rings. The van der Waals surface area contributed by atoms with Crippen LogP contribution in [0.1, 0.15) is 64.2 Å². The first-order valence-electron chi connectivity index (χ1n) is 14.5. The molecule has 0 bridgehead atoms. The predicted molar refractivity (Wildman–Crippen MR) is 141 cm³/mol. The van der Waals surface area contributed by atoms with Crippen LogP contribution in [0.15, 0.2) is 0 Å². The van der Waals surface area contributed by atoms with Gasteiger partial charge in [0, 0.05) is 12.3 Å². The molecule has 1 aromatic rings. The highest BCUT2D eigenvalue weighted by Crippen LogP contribution is 2.29. The van der Waals surface area contributed by atoms with Crippen LogP contribution in [-0.4, -0.2) is 77.8 Å².